The van der Waals surface area contributed by atoms with E-state index in [0.29, 0.717) is 27.2 Å². The summed E-state index contributed by atoms with van der Waals surface area (Å²) < 4.78 is 1.81. The van der Waals surface area contributed by atoms with Gasteiger partial charge in [-0.25, -0.2) is 4.98 Å². The molecule has 36 heavy (non-hydrogen) atoms. The lowest BCUT2D eigenvalue weighted by Gasteiger charge is -2.26. The quantitative estimate of drug-likeness (QED) is 0.245. The van der Waals surface area contributed by atoms with Crippen LogP contribution in [0.3, 0.4) is 0 Å². The minimum atomic E-state index is -0.115. The van der Waals surface area contributed by atoms with Gasteiger partial charge < -0.3 is 5.32 Å². The number of carbonyl (C=O) groups is 2. The van der Waals surface area contributed by atoms with Crippen LogP contribution in [0.1, 0.15) is 91.0 Å². The minimum Gasteiger partial charge on any atom is -0.349 e. The number of nitrogens with zero attached hydrogens (tertiary/aromatic N) is 2. The van der Waals surface area contributed by atoms with Gasteiger partial charge >= 0.3 is 0 Å². The third-order valence-corrected chi connectivity index (χ3v) is 8.39. The summed E-state index contributed by atoms with van der Waals surface area (Å²) in [5.41, 5.74) is 1.60. The van der Waals surface area contributed by atoms with Gasteiger partial charge in [0.05, 0.1) is 16.7 Å². The summed E-state index contributed by atoms with van der Waals surface area (Å²) in [6.45, 7) is 0. The van der Waals surface area contributed by atoms with Crippen molar-refractivity contribution in [3.05, 3.63) is 70.0 Å². The van der Waals surface area contributed by atoms with Gasteiger partial charge in [0.15, 0.2) is 10.9 Å². The average Bonchev–Trinajstić information content (AvgIpc) is 2.93. The molecular formula is C29H33N3O3S. The highest BCUT2D eigenvalue weighted by atomic mass is 32.2. The molecule has 2 aromatic carbocycles. The van der Waals surface area contributed by atoms with E-state index < -0.39 is 0 Å². The Balaban J connectivity index is 1.46. The number of rotatable bonds is 7. The largest absolute Gasteiger partial charge is 0.349 e. The first-order chi connectivity index (χ1) is 17.6. The van der Waals surface area contributed by atoms with E-state index in [4.69, 9.17) is 4.98 Å². The predicted molar refractivity (Wildman–Crippen MR) is 144 cm³/mol. The van der Waals surface area contributed by atoms with E-state index in [1.165, 1.54) is 24.6 Å². The average molecular weight is 504 g/mol. The number of hydrogen-bond donors (Lipinski definition) is 1. The summed E-state index contributed by atoms with van der Waals surface area (Å²) in [5, 5.41) is 4.24. The summed E-state index contributed by atoms with van der Waals surface area (Å²) in [6.07, 6.45) is 10.8. The molecule has 2 aliphatic rings. The highest BCUT2D eigenvalue weighted by Crippen LogP contribution is 2.31. The maximum absolute atomic E-state index is 13.7. The van der Waals surface area contributed by atoms with Crippen molar-refractivity contribution in [3.8, 4) is 0 Å². The Bertz CT molecular complexity index is 1290. The molecule has 1 aromatic heterocycles. The lowest BCUT2D eigenvalue weighted by Crippen LogP contribution is -2.36. The molecular weight excluding hydrogens is 470 g/mol. The highest BCUT2D eigenvalue weighted by molar-refractivity contribution is 7.99. The number of thioether (sulfide) groups is 1. The fraction of sp³-hybridized carbons (Fsp3) is 0.448. The van der Waals surface area contributed by atoms with Crippen LogP contribution in [0.4, 0.5) is 0 Å². The van der Waals surface area contributed by atoms with Crippen LogP contribution in [0.5, 0.6) is 0 Å². The van der Waals surface area contributed by atoms with Crippen LogP contribution >= 0.6 is 11.8 Å². The third-order valence-electron chi connectivity index (χ3n) is 7.44. The Morgan fingerprint density at radius 1 is 0.889 bits per heavy atom. The van der Waals surface area contributed by atoms with Crippen LogP contribution in [0, 0.1) is 0 Å². The molecule has 0 aliphatic heterocycles. The van der Waals surface area contributed by atoms with Gasteiger partial charge in [-0.15, -0.1) is 0 Å². The van der Waals surface area contributed by atoms with Gasteiger partial charge in [0, 0.05) is 23.2 Å². The number of nitrogens with one attached hydrogen (secondary N) is 1. The zero-order valence-electron chi connectivity index (χ0n) is 20.6. The number of ketones is 1. The van der Waals surface area contributed by atoms with Crippen molar-refractivity contribution in [1.82, 2.24) is 14.9 Å². The number of fused-ring (bicyclic) bond motifs is 1. The summed E-state index contributed by atoms with van der Waals surface area (Å²) in [4.78, 5) is 44.3. The molecule has 188 valence electrons. The lowest BCUT2D eigenvalue weighted by atomic mass is 9.95. The van der Waals surface area contributed by atoms with Crippen molar-refractivity contribution in [1.29, 1.82) is 0 Å². The Morgan fingerprint density at radius 3 is 2.31 bits per heavy atom. The number of aromatic nitrogens is 2. The Kier molecular flexibility index (Phi) is 7.85. The molecule has 5 rings (SSSR count). The van der Waals surface area contributed by atoms with Crippen molar-refractivity contribution in [3.63, 3.8) is 0 Å². The first-order valence-corrected chi connectivity index (χ1v) is 14.2. The zero-order valence-corrected chi connectivity index (χ0v) is 21.4. The predicted octanol–water partition coefficient (Wildman–Crippen LogP) is 5.94. The Morgan fingerprint density at radius 2 is 1.58 bits per heavy atom. The SMILES string of the molecule is O=C(CSc1nc2cc(C(=O)NC3CCCCC3)ccc2c(=O)n1C1CCCCC1)c1ccccc1. The highest BCUT2D eigenvalue weighted by Gasteiger charge is 2.23. The molecule has 1 amide bonds. The maximum atomic E-state index is 13.7. The number of carbonyl (C=O) groups excluding carboxylic acids is 2. The van der Waals surface area contributed by atoms with Gasteiger partial charge in [0.2, 0.25) is 0 Å². The van der Waals surface area contributed by atoms with Crippen molar-refractivity contribution in [2.45, 2.75) is 81.4 Å². The smallest absolute Gasteiger partial charge is 0.262 e. The molecule has 2 saturated carbocycles. The summed E-state index contributed by atoms with van der Waals surface area (Å²) in [6, 6.07) is 14.7. The van der Waals surface area contributed by atoms with Crippen LogP contribution in [-0.4, -0.2) is 33.0 Å². The summed E-state index contributed by atoms with van der Waals surface area (Å²) >= 11 is 1.32. The van der Waals surface area contributed by atoms with Gasteiger partial charge in [-0.05, 0) is 43.9 Å². The molecule has 1 N–H and O–H groups in total. The molecule has 2 aliphatic carbocycles. The molecule has 0 bridgehead atoms. The van der Waals surface area contributed by atoms with E-state index >= 15 is 0 Å². The normalized spacial score (nSPS) is 17.2. The van der Waals surface area contributed by atoms with Crippen molar-refractivity contribution < 1.29 is 9.59 Å². The second-order valence-electron chi connectivity index (χ2n) is 9.98. The van der Waals surface area contributed by atoms with Crippen LogP contribution in [-0.2, 0) is 0 Å². The fourth-order valence-corrected chi connectivity index (χ4v) is 6.40. The number of amides is 1. The van der Waals surface area contributed by atoms with E-state index in [1.54, 1.807) is 18.2 Å². The van der Waals surface area contributed by atoms with Gasteiger partial charge in [-0.3, -0.25) is 19.0 Å². The van der Waals surface area contributed by atoms with Crippen LogP contribution in [0.25, 0.3) is 10.9 Å². The van der Waals surface area contributed by atoms with Gasteiger partial charge in [-0.1, -0.05) is 80.6 Å². The van der Waals surface area contributed by atoms with Gasteiger partial charge in [0.25, 0.3) is 11.5 Å². The van der Waals surface area contributed by atoms with Crippen LogP contribution in [0.2, 0.25) is 0 Å². The topological polar surface area (TPSA) is 81.1 Å². The van der Waals surface area contributed by atoms with Gasteiger partial charge in [-0.2, -0.15) is 0 Å². The molecule has 0 atom stereocenters. The number of Topliss-reactive ketones (excluding diaryl/α,β-unsaturated/α-hetero) is 1. The first-order valence-electron chi connectivity index (χ1n) is 13.2. The van der Waals surface area contributed by atoms with E-state index in [1.807, 2.05) is 34.9 Å². The van der Waals surface area contributed by atoms with Crippen LogP contribution < -0.4 is 10.9 Å². The molecule has 7 heteroatoms. The second-order valence-corrected chi connectivity index (χ2v) is 10.9. The van der Waals surface area contributed by atoms with Crippen molar-refractivity contribution in [2.24, 2.45) is 0 Å². The van der Waals surface area contributed by atoms with Crippen LogP contribution in [0.15, 0.2) is 58.5 Å². The van der Waals surface area contributed by atoms with E-state index in [2.05, 4.69) is 5.32 Å². The molecule has 2 fully saturated rings. The van der Waals surface area contributed by atoms with Gasteiger partial charge in [0.1, 0.15) is 0 Å². The second kappa shape index (κ2) is 11.4. The maximum Gasteiger partial charge on any atom is 0.262 e. The summed E-state index contributed by atoms with van der Waals surface area (Å²) in [5.74, 6) is 0.0950. The number of hydrogen-bond acceptors (Lipinski definition) is 5. The van der Waals surface area contributed by atoms with Crippen molar-refractivity contribution >= 4 is 34.4 Å². The Hall–Kier alpha value is -2.93. The van der Waals surface area contributed by atoms with E-state index in [0.717, 1.165) is 51.4 Å². The third kappa shape index (κ3) is 5.56. The Labute approximate surface area is 215 Å². The molecule has 0 spiro atoms. The fourth-order valence-electron chi connectivity index (χ4n) is 5.44. The molecule has 3 aromatic rings. The summed E-state index contributed by atoms with van der Waals surface area (Å²) in [7, 11) is 0. The monoisotopic (exact) mass is 503 g/mol. The first kappa shape index (κ1) is 24.8. The molecule has 0 saturated heterocycles. The zero-order chi connectivity index (χ0) is 24.9. The lowest BCUT2D eigenvalue weighted by molar-refractivity contribution is 0.0927. The molecule has 6 nitrogen and oxygen atoms in total. The van der Waals surface area contributed by atoms with E-state index in [9.17, 15) is 14.4 Å². The molecule has 0 unspecified atom stereocenters. The number of benzene rings is 2. The minimum absolute atomic E-state index is 0.00532. The standard InChI is InChI=1S/C29H33N3O3S/c33-26(20-10-4-1-5-11-20)19-36-29-31-25-18-21(27(34)30-22-12-6-2-7-13-22)16-17-24(25)28(35)32(29)23-14-8-3-9-15-23/h1,4-5,10-11,16-18,22-23H,2-3,6-9,12-15,19H2,(H,30,34). The van der Waals surface area contributed by atoms with E-state index in [-0.39, 0.29) is 35.1 Å². The molecule has 0 radical (unpaired) electrons. The molecule has 1 heterocycles. The van der Waals surface area contributed by atoms with Crippen molar-refractivity contribution in [2.75, 3.05) is 5.75 Å².